The van der Waals surface area contributed by atoms with Gasteiger partial charge in [-0.25, -0.2) is 4.68 Å². The van der Waals surface area contributed by atoms with Gasteiger partial charge in [0.15, 0.2) is 5.69 Å². The monoisotopic (exact) mass is 476 g/mol. The van der Waals surface area contributed by atoms with Crippen molar-refractivity contribution >= 4 is 46.6 Å². The molecule has 9 heteroatoms. The zero-order chi connectivity index (χ0) is 22.1. The average molecular weight is 478 g/mol. The maximum atomic E-state index is 13.1. The Hall–Kier alpha value is -2.54. The number of nitrogens with zero attached hydrogens (tertiary/aromatic N) is 2. The van der Waals surface area contributed by atoms with Gasteiger partial charge in [-0.1, -0.05) is 59.8 Å². The van der Waals surface area contributed by atoms with Crippen molar-refractivity contribution in [2.24, 2.45) is 5.73 Å². The number of nitrogens with one attached hydrogen (secondary N) is 1. The molecule has 1 fully saturated rings. The lowest BCUT2D eigenvalue weighted by Gasteiger charge is -2.11. The van der Waals surface area contributed by atoms with Gasteiger partial charge in [0.05, 0.1) is 22.0 Å². The van der Waals surface area contributed by atoms with Gasteiger partial charge in [0.25, 0.3) is 11.8 Å². The van der Waals surface area contributed by atoms with Gasteiger partial charge in [0.2, 0.25) is 0 Å². The highest BCUT2D eigenvalue weighted by molar-refractivity contribution is 6.35. The molecule has 0 atom stereocenters. The van der Waals surface area contributed by atoms with E-state index in [0.717, 1.165) is 25.7 Å². The van der Waals surface area contributed by atoms with Crippen molar-refractivity contribution in [2.75, 3.05) is 0 Å². The zero-order valence-corrected chi connectivity index (χ0v) is 18.6. The van der Waals surface area contributed by atoms with Crippen LogP contribution in [0.4, 0.5) is 0 Å². The number of rotatable bonds is 5. The fourth-order valence-electron chi connectivity index (χ4n) is 3.84. The quantitative estimate of drug-likeness (QED) is 0.524. The second-order valence-corrected chi connectivity index (χ2v) is 8.69. The molecule has 2 aromatic carbocycles. The normalized spacial score (nSPS) is 14.0. The molecule has 6 nitrogen and oxygen atoms in total. The standard InChI is InChI=1S/C22H19Cl3N4O2/c23-13-7-5-12(6-8-13)20-18(21(26)30)19(22(31)27-15-3-1-2-4-15)28-29(20)17-10-9-14(24)11-16(17)25/h5-11,15H,1-4H2,(H2,26,30)(H,27,31). The van der Waals surface area contributed by atoms with Crippen LogP contribution in [-0.4, -0.2) is 27.6 Å². The molecule has 1 aliphatic carbocycles. The molecule has 0 aliphatic heterocycles. The molecule has 0 bridgehead atoms. The number of carbonyl (C=O) groups excluding carboxylic acids is 2. The predicted molar refractivity (Wildman–Crippen MR) is 122 cm³/mol. The zero-order valence-electron chi connectivity index (χ0n) is 16.4. The molecular formula is C22H19Cl3N4O2. The maximum absolute atomic E-state index is 13.1. The topological polar surface area (TPSA) is 90.0 Å². The Morgan fingerprint density at radius 1 is 1.00 bits per heavy atom. The van der Waals surface area contributed by atoms with Crippen molar-refractivity contribution in [3.63, 3.8) is 0 Å². The number of hydrogen-bond acceptors (Lipinski definition) is 3. The summed E-state index contributed by atoms with van der Waals surface area (Å²) in [5.41, 5.74) is 7.12. The minimum absolute atomic E-state index is 0.0174. The van der Waals surface area contributed by atoms with Gasteiger partial charge in [-0.15, -0.1) is 0 Å². The van der Waals surface area contributed by atoms with E-state index in [0.29, 0.717) is 32.0 Å². The van der Waals surface area contributed by atoms with E-state index in [2.05, 4.69) is 10.4 Å². The molecule has 1 heterocycles. The molecule has 2 amide bonds. The van der Waals surface area contributed by atoms with Gasteiger partial charge in [-0.2, -0.15) is 5.10 Å². The van der Waals surface area contributed by atoms with E-state index >= 15 is 0 Å². The minimum atomic E-state index is -0.766. The van der Waals surface area contributed by atoms with Gasteiger partial charge >= 0.3 is 0 Å². The van der Waals surface area contributed by atoms with Gasteiger partial charge < -0.3 is 11.1 Å². The van der Waals surface area contributed by atoms with Crippen LogP contribution in [0, 0.1) is 0 Å². The summed E-state index contributed by atoms with van der Waals surface area (Å²) in [4.78, 5) is 25.6. The molecule has 3 aromatic rings. The molecule has 1 saturated carbocycles. The van der Waals surface area contributed by atoms with E-state index in [9.17, 15) is 9.59 Å². The third-order valence-electron chi connectivity index (χ3n) is 5.29. The van der Waals surface area contributed by atoms with Crippen LogP contribution < -0.4 is 11.1 Å². The van der Waals surface area contributed by atoms with E-state index in [1.54, 1.807) is 42.5 Å². The van der Waals surface area contributed by atoms with Gasteiger partial charge in [-0.05, 0) is 43.2 Å². The van der Waals surface area contributed by atoms with E-state index < -0.39 is 11.8 Å². The summed E-state index contributed by atoms with van der Waals surface area (Å²) >= 11 is 18.5. The number of aromatic nitrogens is 2. The highest BCUT2D eigenvalue weighted by Crippen LogP contribution is 2.33. The Balaban J connectivity index is 1.92. The van der Waals surface area contributed by atoms with Crippen LogP contribution in [0.15, 0.2) is 42.5 Å². The molecule has 3 N–H and O–H groups in total. The fraction of sp³-hybridized carbons (Fsp3) is 0.227. The molecule has 4 rings (SSSR count). The second-order valence-electron chi connectivity index (χ2n) is 7.41. The first-order valence-electron chi connectivity index (χ1n) is 9.80. The van der Waals surface area contributed by atoms with E-state index in [4.69, 9.17) is 40.5 Å². The average Bonchev–Trinajstić information content (AvgIpc) is 3.36. The smallest absolute Gasteiger partial charge is 0.272 e. The van der Waals surface area contributed by atoms with Crippen molar-refractivity contribution in [2.45, 2.75) is 31.7 Å². The number of amides is 2. The van der Waals surface area contributed by atoms with Crippen LogP contribution in [0.3, 0.4) is 0 Å². The fourth-order valence-corrected chi connectivity index (χ4v) is 4.45. The maximum Gasteiger partial charge on any atom is 0.272 e. The highest BCUT2D eigenvalue weighted by atomic mass is 35.5. The van der Waals surface area contributed by atoms with Crippen molar-refractivity contribution in [1.82, 2.24) is 15.1 Å². The molecule has 31 heavy (non-hydrogen) atoms. The van der Waals surface area contributed by atoms with Crippen molar-refractivity contribution < 1.29 is 9.59 Å². The van der Waals surface area contributed by atoms with Crippen molar-refractivity contribution in [3.05, 3.63) is 68.8 Å². The van der Waals surface area contributed by atoms with Crippen molar-refractivity contribution in [1.29, 1.82) is 0 Å². The van der Waals surface area contributed by atoms with E-state index in [-0.39, 0.29) is 17.3 Å². The third-order valence-corrected chi connectivity index (χ3v) is 6.08. The molecule has 1 aromatic heterocycles. The summed E-state index contributed by atoms with van der Waals surface area (Å²) < 4.78 is 1.45. The van der Waals surface area contributed by atoms with Crippen LogP contribution in [0.25, 0.3) is 16.9 Å². The van der Waals surface area contributed by atoms with Crippen molar-refractivity contribution in [3.8, 4) is 16.9 Å². The Labute approximate surface area is 194 Å². The van der Waals surface area contributed by atoms with Gasteiger partial charge in [0, 0.05) is 21.7 Å². The van der Waals surface area contributed by atoms with Gasteiger partial charge in [0.1, 0.15) is 0 Å². The Kier molecular flexibility index (Phi) is 6.23. The lowest BCUT2D eigenvalue weighted by molar-refractivity contribution is 0.0918. The molecule has 160 valence electrons. The Morgan fingerprint density at radius 2 is 1.65 bits per heavy atom. The number of primary amides is 1. The summed E-state index contributed by atoms with van der Waals surface area (Å²) in [5, 5.41) is 8.73. The summed E-state index contributed by atoms with van der Waals surface area (Å²) in [6, 6.07) is 11.8. The second kappa shape index (κ2) is 8.91. The summed E-state index contributed by atoms with van der Waals surface area (Å²) in [5.74, 6) is -1.21. The number of benzene rings is 2. The Bertz CT molecular complexity index is 1150. The lowest BCUT2D eigenvalue weighted by atomic mass is 10.0. The van der Waals surface area contributed by atoms with Crippen LogP contribution in [-0.2, 0) is 0 Å². The highest BCUT2D eigenvalue weighted by Gasteiger charge is 2.30. The van der Waals surface area contributed by atoms with Gasteiger partial charge in [-0.3, -0.25) is 9.59 Å². The van der Waals surface area contributed by atoms with Crippen LogP contribution in [0.2, 0.25) is 15.1 Å². The van der Waals surface area contributed by atoms with E-state index in [1.165, 1.54) is 4.68 Å². The SMILES string of the molecule is NC(=O)c1c(C(=O)NC2CCCC2)nn(-c2ccc(Cl)cc2Cl)c1-c1ccc(Cl)cc1. The summed E-state index contributed by atoms with van der Waals surface area (Å²) in [6.45, 7) is 0. The summed E-state index contributed by atoms with van der Waals surface area (Å²) in [6.07, 6.45) is 3.90. The molecule has 1 aliphatic rings. The first-order valence-corrected chi connectivity index (χ1v) is 10.9. The third kappa shape index (κ3) is 4.42. The number of halogens is 3. The van der Waals surface area contributed by atoms with Crippen LogP contribution in [0.1, 0.15) is 46.5 Å². The predicted octanol–water partition coefficient (Wildman–Crippen LogP) is 5.27. The lowest BCUT2D eigenvalue weighted by Crippen LogP contribution is -2.34. The molecule has 0 radical (unpaired) electrons. The molecule has 0 spiro atoms. The first kappa shape index (κ1) is 21.7. The largest absolute Gasteiger partial charge is 0.365 e. The Morgan fingerprint density at radius 3 is 2.26 bits per heavy atom. The number of nitrogens with two attached hydrogens (primary N) is 1. The van der Waals surface area contributed by atoms with Crippen LogP contribution in [0.5, 0.6) is 0 Å². The minimum Gasteiger partial charge on any atom is -0.365 e. The van der Waals surface area contributed by atoms with Crippen LogP contribution >= 0.6 is 34.8 Å². The first-order chi connectivity index (χ1) is 14.8. The number of hydrogen-bond donors (Lipinski definition) is 2. The molecule has 0 unspecified atom stereocenters. The number of carbonyl (C=O) groups is 2. The molecule has 0 saturated heterocycles. The molecular weight excluding hydrogens is 459 g/mol. The summed E-state index contributed by atoms with van der Waals surface area (Å²) in [7, 11) is 0. The van der Waals surface area contributed by atoms with E-state index in [1.807, 2.05) is 0 Å².